The molecule has 1 aliphatic heterocycles. The summed E-state index contributed by atoms with van der Waals surface area (Å²) >= 11 is 0. The van der Waals surface area contributed by atoms with E-state index in [1.807, 2.05) is 20.8 Å². The Bertz CT molecular complexity index is 342. The van der Waals surface area contributed by atoms with E-state index in [1.165, 1.54) is 12.8 Å². The van der Waals surface area contributed by atoms with Crippen LogP contribution in [0.25, 0.3) is 0 Å². The summed E-state index contributed by atoms with van der Waals surface area (Å²) in [7, 11) is 0. The summed E-state index contributed by atoms with van der Waals surface area (Å²) in [4.78, 5) is 13.5. The fourth-order valence-corrected chi connectivity index (χ4v) is 3.25. The van der Waals surface area contributed by atoms with Gasteiger partial charge < -0.3 is 14.7 Å². The number of ether oxygens (including phenoxy) is 1. The van der Waals surface area contributed by atoms with Crippen molar-refractivity contribution in [3.8, 4) is 0 Å². The first-order chi connectivity index (χ1) is 8.70. The third kappa shape index (κ3) is 3.41. The van der Waals surface area contributed by atoms with Crippen molar-refractivity contribution in [2.24, 2.45) is 11.8 Å². The maximum atomic E-state index is 11.9. The Morgan fingerprint density at radius 3 is 2.47 bits per heavy atom. The van der Waals surface area contributed by atoms with Gasteiger partial charge in [-0.1, -0.05) is 19.8 Å². The molecule has 1 aliphatic carbocycles. The molecule has 2 aliphatic rings. The largest absolute Gasteiger partial charge is 0.444 e. The van der Waals surface area contributed by atoms with E-state index < -0.39 is 11.2 Å². The molecule has 4 heteroatoms. The van der Waals surface area contributed by atoms with Gasteiger partial charge in [-0.05, 0) is 45.4 Å². The molecule has 1 heterocycles. The van der Waals surface area contributed by atoms with Crippen LogP contribution in [0.1, 0.15) is 53.4 Å². The second-order valence-electron chi connectivity index (χ2n) is 7.41. The van der Waals surface area contributed by atoms with E-state index in [0.717, 1.165) is 12.8 Å². The summed E-state index contributed by atoms with van der Waals surface area (Å²) in [6, 6.07) is 0. The van der Waals surface area contributed by atoms with E-state index in [-0.39, 0.29) is 6.09 Å². The highest BCUT2D eigenvalue weighted by Crippen LogP contribution is 2.40. The summed E-state index contributed by atoms with van der Waals surface area (Å²) in [5.74, 6) is 1.04. The fraction of sp³-hybridized carbons (Fsp3) is 0.933. The lowest BCUT2D eigenvalue weighted by Gasteiger charge is -2.52. The molecule has 19 heavy (non-hydrogen) atoms. The van der Waals surface area contributed by atoms with Crippen LogP contribution in [0.4, 0.5) is 4.79 Å². The molecule has 1 N–H and O–H groups in total. The lowest BCUT2D eigenvalue weighted by Crippen LogP contribution is -2.67. The number of nitrogens with zero attached hydrogens (tertiary/aromatic N) is 1. The van der Waals surface area contributed by atoms with Crippen molar-refractivity contribution in [3.63, 3.8) is 0 Å². The highest BCUT2D eigenvalue weighted by Gasteiger charge is 2.50. The van der Waals surface area contributed by atoms with E-state index in [1.54, 1.807) is 4.90 Å². The molecule has 1 amide bonds. The van der Waals surface area contributed by atoms with Crippen LogP contribution in [0.5, 0.6) is 0 Å². The SMILES string of the molecule is CC1CCCC(C2(O)CN(C(=O)OC(C)(C)C)C2)C1. The van der Waals surface area contributed by atoms with Gasteiger partial charge in [-0.15, -0.1) is 0 Å². The van der Waals surface area contributed by atoms with Crippen LogP contribution in [0.15, 0.2) is 0 Å². The van der Waals surface area contributed by atoms with Crippen LogP contribution in [0.3, 0.4) is 0 Å². The molecule has 2 unspecified atom stereocenters. The van der Waals surface area contributed by atoms with Crippen molar-refractivity contribution in [2.75, 3.05) is 13.1 Å². The Hall–Kier alpha value is -0.770. The van der Waals surface area contributed by atoms with Gasteiger partial charge in [0.1, 0.15) is 11.2 Å². The summed E-state index contributed by atoms with van der Waals surface area (Å²) in [6.45, 7) is 8.69. The van der Waals surface area contributed by atoms with Crippen molar-refractivity contribution in [1.82, 2.24) is 4.90 Å². The van der Waals surface area contributed by atoms with Crippen molar-refractivity contribution in [1.29, 1.82) is 0 Å². The number of hydrogen-bond acceptors (Lipinski definition) is 3. The van der Waals surface area contributed by atoms with Gasteiger partial charge in [0.05, 0.1) is 13.1 Å². The van der Waals surface area contributed by atoms with Crippen molar-refractivity contribution in [3.05, 3.63) is 0 Å². The van der Waals surface area contributed by atoms with E-state index in [9.17, 15) is 9.90 Å². The molecule has 0 aromatic heterocycles. The van der Waals surface area contributed by atoms with Crippen molar-refractivity contribution in [2.45, 2.75) is 64.6 Å². The minimum atomic E-state index is -0.675. The third-order valence-electron chi connectivity index (χ3n) is 4.28. The molecule has 2 fully saturated rings. The Labute approximate surface area is 116 Å². The Morgan fingerprint density at radius 1 is 1.32 bits per heavy atom. The Balaban J connectivity index is 1.85. The lowest BCUT2D eigenvalue weighted by molar-refractivity contribution is -0.141. The van der Waals surface area contributed by atoms with Gasteiger partial charge in [0.25, 0.3) is 0 Å². The molecule has 0 bridgehead atoms. The van der Waals surface area contributed by atoms with Gasteiger partial charge in [0.15, 0.2) is 0 Å². The topological polar surface area (TPSA) is 49.8 Å². The normalized spacial score (nSPS) is 30.7. The quantitative estimate of drug-likeness (QED) is 0.796. The third-order valence-corrected chi connectivity index (χ3v) is 4.28. The molecule has 0 aromatic rings. The zero-order valence-corrected chi connectivity index (χ0v) is 12.6. The molecule has 1 saturated heterocycles. The minimum absolute atomic E-state index is 0.305. The van der Waals surface area contributed by atoms with Crippen LogP contribution < -0.4 is 0 Å². The smallest absolute Gasteiger partial charge is 0.410 e. The number of aliphatic hydroxyl groups is 1. The molecular formula is C15H27NO3. The monoisotopic (exact) mass is 269 g/mol. The second-order valence-corrected chi connectivity index (χ2v) is 7.41. The van der Waals surface area contributed by atoms with Crippen LogP contribution in [-0.4, -0.2) is 40.4 Å². The summed E-state index contributed by atoms with van der Waals surface area (Å²) in [5, 5.41) is 10.6. The maximum absolute atomic E-state index is 11.9. The molecular weight excluding hydrogens is 242 g/mol. The first kappa shape index (κ1) is 14.6. The first-order valence-electron chi connectivity index (χ1n) is 7.40. The number of carbonyl (C=O) groups excluding carboxylic acids is 1. The number of likely N-dealkylation sites (tertiary alicyclic amines) is 1. The number of carbonyl (C=O) groups is 1. The predicted molar refractivity (Wildman–Crippen MR) is 73.9 cm³/mol. The predicted octanol–water partition coefficient (Wildman–Crippen LogP) is 2.79. The number of β-amino-alcohol motifs (C(OH)–C–C–N with tert-alkyl or cyclic N) is 1. The average molecular weight is 269 g/mol. The van der Waals surface area contributed by atoms with E-state index >= 15 is 0 Å². The van der Waals surface area contributed by atoms with Crippen LogP contribution in [-0.2, 0) is 4.74 Å². The van der Waals surface area contributed by atoms with Crippen LogP contribution >= 0.6 is 0 Å². The van der Waals surface area contributed by atoms with Crippen molar-refractivity contribution >= 4 is 6.09 Å². The summed E-state index contributed by atoms with van der Waals surface area (Å²) in [6.07, 6.45) is 4.32. The van der Waals surface area contributed by atoms with Crippen LogP contribution in [0, 0.1) is 11.8 Å². The molecule has 2 atom stereocenters. The lowest BCUT2D eigenvalue weighted by atomic mass is 9.70. The Morgan fingerprint density at radius 2 is 1.95 bits per heavy atom. The van der Waals surface area contributed by atoms with Gasteiger partial charge in [0.2, 0.25) is 0 Å². The summed E-state index contributed by atoms with van der Waals surface area (Å²) in [5.41, 5.74) is -1.14. The zero-order chi connectivity index (χ0) is 14.3. The number of rotatable bonds is 1. The Kier molecular flexibility index (Phi) is 3.83. The highest BCUT2D eigenvalue weighted by atomic mass is 16.6. The fourth-order valence-electron chi connectivity index (χ4n) is 3.25. The highest BCUT2D eigenvalue weighted by molar-refractivity contribution is 5.69. The molecule has 110 valence electrons. The standard InChI is InChI=1S/C15H27NO3/c1-11-6-5-7-12(8-11)15(18)9-16(10-15)13(17)19-14(2,3)4/h11-12,18H,5-10H2,1-4H3. The van der Waals surface area contributed by atoms with E-state index in [0.29, 0.717) is 24.9 Å². The number of hydrogen-bond donors (Lipinski definition) is 1. The van der Waals surface area contributed by atoms with Gasteiger partial charge in [-0.25, -0.2) is 4.79 Å². The van der Waals surface area contributed by atoms with Gasteiger partial charge in [-0.2, -0.15) is 0 Å². The average Bonchev–Trinajstić information content (AvgIpc) is 2.22. The van der Waals surface area contributed by atoms with Gasteiger partial charge in [-0.3, -0.25) is 0 Å². The van der Waals surface area contributed by atoms with Gasteiger partial charge in [0, 0.05) is 0 Å². The van der Waals surface area contributed by atoms with Gasteiger partial charge >= 0.3 is 6.09 Å². The molecule has 1 saturated carbocycles. The molecule has 4 nitrogen and oxygen atoms in total. The molecule has 0 spiro atoms. The second kappa shape index (κ2) is 4.97. The first-order valence-corrected chi connectivity index (χ1v) is 7.40. The van der Waals surface area contributed by atoms with Crippen molar-refractivity contribution < 1.29 is 14.6 Å². The maximum Gasteiger partial charge on any atom is 0.410 e. The molecule has 2 rings (SSSR count). The minimum Gasteiger partial charge on any atom is -0.444 e. The number of amides is 1. The summed E-state index contributed by atoms with van der Waals surface area (Å²) < 4.78 is 5.32. The molecule has 0 aromatic carbocycles. The molecule has 0 radical (unpaired) electrons. The van der Waals surface area contributed by atoms with E-state index in [4.69, 9.17) is 4.74 Å². The zero-order valence-electron chi connectivity index (χ0n) is 12.6. The van der Waals surface area contributed by atoms with Crippen LogP contribution in [0.2, 0.25) is 0 Å². The van der Waals surface area contributed by atoms with E-state index in [2.05, 4.69) is 6.92 Å².